The van der Waals surface area contributed by atoms with Crippen molar-refractivity contribution in [2.24, 2.45) is 16.6 Å². The highest BCUT2D eigenvalue weighted by Crippen LogP contribution is 2.29. The Bertz CT molecular complexity index is 183. The monoisotopic (exact) mass is 186 g/mol. The number of rotatable bonds is 4. The van der Waals surface area contributed by atoms with Gasteiger partial charge in [-0.25, -0.2) is 0 Å². The number of nitrogens with two attached hydrogens (primary N) is 1. The SMILES string of the molecule is CSC(C)(C)CN=C(N)C1CC1. The average molecular weight is 186 g/mol. The van der Waals surface area contributed by atoms with Crippen molar-refractivity contribution in [3.05, 3.63) is 0 Å². The maximum absolute atomic E-state index is 5.78. The highest BCUT2D eigenvalue weighted by Gasteiger charge is 2.26. The molecule has 0 saturated heterocycles. The zero-order valence-corrected chi connectivity index (χ0v) is 8.95. The molecule has 0 radical (unpaired) electrons. The van der Waals surface area contributed by atoms with Crippen LogP contribution < -0.4 is 5.73 Å². The van der Waals surface area contributed by atoms with E-state index in [-0.39, 0.29) is 4.75 Å². The van der Waals surface area contributed by atoms with Crippen molar-refractivity contribution < 1.29 is 0 Å². The Labute approximate surface area is 79.0 Å². The standard InChI is InChI=1S/C9H18N2S/c1-9(2,12-3)6-11-8(10)7-4-5-7/h7H,4-6H2,1-3H3,(H2,10,11). The van der Waals surface area contributed by atoms with E-state index in [1.165, 1.54) is 12.8 Å². The van der Waals surface area contributed by atoms with Gasteiger partial charge in [-0.05, 0) is 32.9 Å². The second kappa shape index (κ2) is 3.69. The molecule has 0 atom stereocenters. The van der Waals surface area contributed by atoms with Crippen molar-refractivity contribution in [1.82, 2.24) is 0 Å². The van der Waals surface area contributed by atoms with E-state index in [1.54, 1.807) is 0 Å². The van der Waals surface area contributed by atoms with Crippen molar-refractivity contribution in [2.45, 2.75) is 31.4 Å². The van der Waals surface area contributed by atoms with Gasteiger partial charge >= 0.3 is 0 Å². The summed E-state index contributed by atoms with van der Waals surface area (Å²) in [6, 6.07) is 0. The molecule has 2 nitrogen and oxygen atoms in total. The lowest BCUT2D eigenvalue weighted by molar-refractivity contribution is 0.723. The zero-order valence-electron chi connectivity index (χ0n) is 8.13. The molecule has 0 amide bonds. The van der Waals surface area contributed by atoms with E-state index in [9.17, 15) is 0 Å². The first-order valence-electron chi connectivity index (χ1n) is 4.40. The topological polar surface area (TPSA) is 38.4 Å². The van der Waals surface area contributed by atoms with Crippen LogP contribution in [0.3, 0.4) is 0 Å². The lowest BCUT2D eigenvalue weighted by atomic mass is 10.2. The lowest BCUT2D eigenvalue weighted by Crippen LogP contribution is -2.23. The molecule has 12 heavy (non-hydrogen) atoms. The van der Waals surface area contributed by atoms with E-state index in [4.69, 9.17) is 5.73 Å². The Morgan fingerprint density at radius 3 is 2.58 bits per heavy atom. The third-order valence-electron chi connectivity index (χ3n) is 2.19. The predicted octanol–water partition coefficient (Wildman–Crippen LogP) is 1.90. The van der Waals surface area contributed by atoms with Gasteiger partial charge in [0.25, 0.3) is 0 Å². The molecule has 3 heteroatoms. The minimum absolute atomic E-state index is 0.236. The van der Waals surface area contributed by atoms with Gasteiger partial charge in [0.2, 0.25) is 0 Å². The number of hydrogen-bond donors (Lipinski definition) is 1. The van der Waals surface area contributed by atoms with E-state index in [2.05, 4.69) is 25.1 Å². The Kier molecular flexibility index (Phi) is 3.04. The molecule has 1 rings (SSSR count). The van der Waals surface area contributed by atoms with Crippen molar-refractivity contribution >= 4 is 17.6 Å². The van der Waals surface area contributed by atoms with Crippen LogP contribution >= 0.6 is 11.8 Å². The molecule has 0 spiro atoms. The summed E-state index contributed by atoms with van der Waals surface area (Å²) < 4.78 is 0.236. The molecular formula is C9H18N2S. The molecule has 0 aromatic heterocycles. The van der Waals surface area contributed by atoms with E-state index in [0.717, 1.165) is 12.4 Å². The van der Waals surface area contributed by atoms with Gasteiger partial charge in [0, 0.05) is 10.7 Å². The fourth-order valence-corrected chi connectivity index (χ4v) is 1.05. The van der Waals surface area contributed by atoms with Gasteiger partial charge in [0.05, 0.1) is 12.4 Å². The van der Waals surface area contributed by atoms with Crippen LogP contribution in [0.5, 0.6) is 0 Å². The Hall–Kier alpha value is -0.180. The summed E-state index contributed by atoms with van der Waals surface area (Å²) in [6.45, 7) is 5.24. The van der Waals surface area contributed by atoms with Gasteiger partial charge in [-0.2, -0.15) is 11.8 Å². The molecule has 1 saturated carbocycles. The molecule has 0 aromatic rings. The molecule has 0 aromatic carbocycles. The Morgan fingerprint density at radius 2 is 2.17 bits per heavy atom. The van der Waals surface area contributed by atoms with Crippen molar-refractivity contribution in [1.29, 1.82) is 0 Å². The maximum Gasteiger partial charge on any atom is 0.0969 e. The fraction of sp³-hybridized carbons (Fsp3) is 0.889. The molecule has 0 bridgehead atoms. The molecule has 1 aliphatic carbocycles. The number of aliphatic imine (C=N–C) groups is 1. The van der Waals surface area contributed by atoms with Crippen LogP contribution in [-0.2, 0) is 0 Å². The molecule has 2 N–H and O–H groups in total. The van der Waals surface area contributed by atoms with Crippen LogP contribution in [0.4, 0.5) is 0 Å². The molecule has 1 fully saturated rings. The quantitative estimate of drug-likeness (QED) is 0.538. The van der Waals surface area contributed by atoms with Crippen molar-refractivity contribution in [3.63, 3.8) is 0 Å². The summed E-state index contributed by atoms with van der Waals surface area (Å²) in [5.74, 6) is 1.49. The van der Waals surface area contributed by atoms with Crippen LogP contribution in [0.25, 0.3) is 0 Å². The van der Waals surface area contributed by atoms with Crippen LogP contribution in [0.2, 0.25) is 0 Å². The summed E-state index contributed by atoms with van der Waals surface area (Å²) in [7, 11) is 0. The van der Waals surface area contributed by atoms with Gasteiger partial charge in [-0.1, -0.05) is 0 Å². The first-order valence-corrected chi connectivity index (χ1v) is 5.62. The minimum Gasteiger partial charge on any atom is -0.387 e. The summed E-state index contributed by atoms with van der Waals surface area (Å²) in [5, 5.41) is 0. The van der Waals surface area contributed by atoms with Crippen LogP contribution in [0.1, 0.15) is 26.7 Å². The van der Waals surface area contributed by atoms with Gasteiger partial charge in [-0.3, -0.25) is 4.99 Å². The number of thioether (sulfide) groups is 1. The number of amidine groups is 1. The Morgan fingerprint density at radius 1 is 1.58 bits per heavy atom. The van der Waals surface area contributed by atoms with Crippen molar-refractivity contribution in [2.75, 3.05) is 12.8 Å². The van der Waals surface area contributed by atoms with Gasteiger partial charge in [0.15, 0.2) is 0 Å². The molecule has 1 aliphatic rings. The maximum atomic E-state index is 5.78. The van der Waals surface area contributed by atoms with E-state index in [1.807, 2.05) is 11.8 Å². The predicted molar refractivity (Wildman–Crippen MR) is 56.8 cm³/mol. The smallest absolute Gasteiger partial charge is 0.0969 e. The average Bonchev–Trinajstić information content (AvgIpc) is 2.83. The summed E-state index contributed by atoms with van der Waals surface area (Å²) in [5.41, 5.74) is 5.78. The summed E-state index contributed by atoms with van der Waals surface area (Å²) >= 11 is 1.84. The second-order valence-electron chi connectivity index (χ2n) is 3.98. The summed E-state index contributed by atoms with van der Waals surface area (Å²) in [6.07, 6.45) is 4.60. The zero-order chi connectivity index (χ0) is 9.19. The first-order chi connectivity index (χ1) is 5.55. The molecular weight excluding hydrogens is 168 g/mol. The first kappa shape index (κ1) is 9.90. The summed E-state index contributed by atoms with van der Waals surface area (Å²) in [4.78, 5) is 4.40. The van der Waals surface area contributed by atoms with E-state index in [0.29, 0.717) is 5.92 Å². The highest BCUT2D eigenvalue weighted by molar-refractivity contribution is 7.99. The molecule has 0 heterocycles. The molecule has 70 valence electrons. The molecule has 0 unspecified atom stereocenters. The lowest BCUT2D eigenvalue weighted by Gasteiger charge is -2.19. The third kappa shape index (κ3) is 3.05. The molecule has 0 aliphatic heterocycles. The van der Waals surface area contributed by atoms with Gasteiger partial charge in [-0.15, -0.1) is 0 Å². The Balaban J connectivity index is 2.35. The largest absolute Gasteiger partial charge is 0.387 e. The fourth-order valence-electron chi connectivity index (χ4n) is 0.854. The normalized spacial score (nSPS) is 19.8. The van der Waals surface area contributed by atoms with E-state index >= 15 is 0 Å². The minimum atomic E-state index is 0.236. The van der Waals surface area contributed by atoms with Crippen LogP contribution in [0, 0.1) is 5.92 Å². The van der Waals surface area contributed by atoms with Gasteiger partial charge in [0.1, 0.15) is 0 Å². The van der Waals surface area contributed by atoms with Crippen molar-refractivity contribution in [3.8, 4) is 0 Å². The number of nitrogens with zero attached hydrogens (tertiary/aromatic N) is 1. The number of hydrogen-bond acceptors (Lipinski definition) is 2. The second-order valence-corrected chi connectivity index (χ2v) is 5.49. The third-order valence-corrected chi connectivity index (χ3v) is 3.42. The van der Waals surface area contributed by atoms with E-state index < -0.39 is 0 Å². The highest BCUT2D eigenvalue weighted by atomic mass is 32.2. The van der Waals surface area contributed by atoms with Crippen LogP contribution in [-0.4, -0.2) is 23.4 Å². The van der Waals surface area contributed by atoms with Gasteiger partial charge < -0.3 is 5.73 Å². The van der Waals surface area contributed by atoms with Crippen LogP contribution in [0.15, 0.2) is 4.99 Å².